The summed E-state index contributed by atoms with van der Waals surface area (Å²) in [6.45, 7) is 0.180. The van der Waals surface area contributed by atoms with E-state index in [1.807, 2.05) is 28.2 Å². The third-order valence-electron chi connectivity index (χ3n) is 2.70. The van der Waals surface area contributed by atoms with Gasteiger partial charge < -0.3 is 15.1 Å². The first-order valence-corrected chi connectivity index (χ1v) is 6.61. The summed E-state index contributed by atoms with van der Waals surface area (Å²) in [7, 11) is 9.07. The van der Waals surface area contributed by atoms with Crippen molar-refractivity contribution in [3.05, 3.63) is 17.7 Å². The van der Waals surface area contributed by atoms with Crippen LogP contribution in [0.3, 0.4) is 0 Å². The second kappa shape index (κ2) is 6.33. The number of aryl methyl sites for hydroxylation is 1. The number of hydrogen-bond donors (Lipinski definition) is 1. The Morgan fingerprint density at radius 2 is 1.73 bits per heavy atom. The first kappa shape index (κ1) is 15.6. The number of amides is 1. The summed E-state index contributed by atoms with van der Waals surface area (Å²) in [5.41, 5.74) is 0.247. The highest BCUT2D eigenvalue weighted by Gasteiger charge is 2.13. The number of carbonyl (C=O) groups is 1. The van der Waals surface area contributed by atoms with E-state index in [-0.39, 0.29) is 18.1 Å². The average Bonchev–Trinajstić information content (AvgIpc) is 2.91. The van der Waals surface area contributed by atoms with Gasteiger partial charge in [0.1, 0.15) is 0 Å². The lowest BCUT2D eigenvalue weighted by Crippen LogP contribution is -2.26. The van der Waals surface area contributed by atoms with Gasteiger partial charge in [0.05, 0.1) is 12.7 Å². The Balaban J connectivity index is 2.13. The topological polar surface area (TPSA) is 105 Å². The number of nitrogens with one attached hydrogen (secondary N) is 1. The van der Waals surface area contributed by atoms with Crippen LogP contribution >= 0.6 is 0 Å². The predicted octanol–water partition coefficient (Wildman–Crippen LogP) is -0.938. The third kappa shape index (κ3) is 3.65. The molecule has 2 aromatic rings. The van der Waals surface area contributed by atoms with Gasteiger partial charge in [0, 0.05) is 35.2 Å². The number of anilines is 2. The molecule has 0 unspecified atom stereocenters. The molecule has 0 aliphatic rings. The molecular weight excluding hydrogens is 286 g/mol. The van der Waals surface area contributed by atoms with Crippen molar-refractivity contribution in [1.82, 2.24) is 35.3 Å². The second-order valence-corrected chi connectivity index (χ2v) is 5.10. The van der Waals surface area contributed by atoms with Crippen molar-refractivity contribution in [1.29, 1.82) is 0 Å². The summed E-state index contributed by atoms with van der Waals surface area (Å²) in [4.78, 5) is 28.4. The molecule has 0 fully saturated rings. The van der Waals surface area contributed by atoms with Gasteiger partial charge in [0.15, 0.2) is 11.5 Å². The normalized spacial score (nSPS) is 10.4. The van der Waals surface area contributed by atoms with E-state index >= 15 is 0 Å². The smallest absolute Gasteiger partial charge is 0.273 e. The lowest BCUT2D eigenvalue weighted by Gasteiger charge is -2.16. The summed E-state index contributed by atoms with van der Waals surface area (Å²) in [6, 6.07) is 0. The molecule has 2 heterocycles. The van der Waals surface area contributed by atoms with E-state index in [1.165, 1.54) is 4.68 Å². The summed E-state index contributed by atoms with van der Waals surface area (Å²) < 4.78 is 1.46. The molecule has 0 saturated heterocycles. The third-order valence-corrected chi connectivity index (χ3v) is 2.70. The summed E-state index contributed by atoms with van der Waals surface area (Å²) in [5.74, 6) is 1.20. The van der Waals surface area contributed by atoms with E-state index in [0.29, 0.717) is 17.7 Å². The van der Waals surface area contributed by atoms with Crippen LogP contribution in [-0.2, 0) is 13.6 Å². The van der Waals surface area contributed by atoms with Crippen molar-refractivity contribution in [3.63, 3.8) is 0 Å². The molecule has 1 amide bonds. The van der Waals surface area contributed by atoms with Gasteiger partial charge in [-0.05, 0) is 0 Å². The van der Waals surface area contributed by atoms with Crippen molar-refractivity contribution in [2.45, 2.75) is 6.54 Å². The number of carbonyl (C=O) groups excluding carboxylic acids is 1. The molecule has 0 atom stereocenters. The van der Waals surface area contributed by atoms with Crippen LogP contribution in [0, 0.1) is 0 Å². The Labute approximate surface area is 128 Å². The minimum absolute atomic E-state index is 0.180. The fourth-order valence-corrected chi connectivity index (χ4v) is 1.58. The number of rotatable bonds is 5. The fraction of sp³-hybridized carbons (Fsp3) is 0.500. The molecular formula is C12H19N9O. The Hall–Kier alpha value is -2.78. The minimum Gasteiger partial charge on any atom is -0.347 e. The van der Waals surface area contributed by atoms with Gasteiger partial charge in [-0.15, -0.1) is 5.10 Å². The van der Waals surface area contributed by atoms with E-state index < -0.39 is 0 Å². The monoisotopic (exact) mass is 305 g/mol. The van der Waals surface area contributed by atoms with Gasteiger partial charge in [-0.1, -0.05) is 5.21 Å². The molecule has 0 aromatic carbocycles. The molecule has 0 radical (unpaired) electrons. The molecule has 2 rings (SSSR count). The summed E-state index contributed by atoms with van der Waals surface area (Å²) >= 11 is 0. The maximum absolute atomic E-state index is 11.9. The lowest BCUT2D eigenvalue weighted by molar-refractivity contribution is 0.0944. The highest BCUT2D eigenvalue weighted by atomic mass is 16.2. The van der Waals surface area contributed by atoms with Crippen molar-refractivity contribution in [2.24, 2.45) is 7.05 Å². The standard InChI is InChI=1S/C12H19N9O/c1-19(2)11-14-9(15-12(16-11)20(3)4)6-13-10(22)8-7-21(5)18-17-8/h7H,6H2,1-5H3,(H,13,22). The Bertz CT molecular complexity index is 638. The molecule has 2 aromatic heterocycles. The second-order valence-electron chi connectivity index (χ2n) is 5.10. The highest BCUT2D eigenvalue weighted by Crippen LogP contribution is 2.10. The zero-order chi connectivity index (χ0) is 16.3. The van der Waals surface area contributed by atoms with Crippen LogP contribution in [0.2, 0.25) is 0 Å². The van der Waals surface area contributed by atoms with Crippen LogP contribution in [0.5, 0.6) is 0 Å². The SMILES string of the molecule is CN(C)c1nc(CNC(=O)c2cn(C)nn2)nc(N(C)C)n1. The van der Waals surface area contributed by atoms with Crippen molar-refractivity contribution in [3.8, 4) is 0 Å². The van der Waals surface area contributed by atoms with Crippen molar-refractivity contribution in [2.75, 3.05) is 38.0 Å². The predicted molar refractivity (Wildman–Crippen MR) is 80.7 cm³/mol. The van der Waals surface area contributed by atoms with Crippen LogP contribution in [0.15, 0.2) is 6.20 Å². The van der Waals surface area contributed by atoms with Crippen LogP contribution in [0.1, 0.15) is 16.3 Å². The quantitative estimate of drug-likeness (QED) is 0.755. The van der Waals surface area contributed by atoms with Crippen molar-refractivity contribution >= 4 is 17.8 Å². The molecule has 0 bridgehead atoms. The van der Waals surface area contributed by atoms with E-state index in [2.05, 4.69) is 30.6 Å². The van der Waals surface area contributed by atoms with Crippen LogP contribution < -0.4 is 15.1 Å². The molecule has 0 aliphatic heterocycles. The minimum atomic E-state index is -0.327. The Morgan fingerprint density at radius 3 is 2.18 bits per heavy atom. The molecule has 118 valence electrons. The zero-order valence-electron chi connectivity index (χ0n) is 13.3. The van der Waals surface area contributed by atoms with Crippen molar-refractivity contribution < 1.29 is 4.79 Å². The van der Waals surface area contributed by atoms with Gasteiger partial charge in [-0.3, -0.25) is 9.48 Å². The van der Waals surface area contributed by atoms with E-state index in [1.54, 1.807) is 23.0 Å². The largest absolute Gasteiger partial charge is 0.347 e. The molecule has 1 N–H and O–H groups in total. The van der Waals surface area contributed by atoms with Crippen LogP contribution in [0.25, 0.3) is 0 Å². The molecule has 0 aliphatic carbocycles. The summed E-state index contributed by atoms with van der Waals surface area (Å²) in [5, 5.41) is 10.2. The Morgan fingerprint density at radius 1 is 1.14 bits per heavy atom. The highest BCUT2D eigenvalue weighted by molar-refractivity contribution is 5.91. The molecule has 22 heavy (non-hydrogen) atoms. The van der Waals surface area contributed by atoms with Crippen LogP contribution in [0.4, 0.5) is 11.9 Å². The zero-order valence-corrected chi connectivity index (χ0v) is 13.3. The van der Waals surface area contributed by atoms with Gasteiger partial charge in [0.2, 0.25) is 11.9 Å². The fourth-order valence-electron chi connectivity index (χ4n) is 1.58. The van der Waals surface area contributed by atoms with E-state index in [9.17, 15) is 4.79 Å². The average molecular weight is 305 g/mol. The summed E-state index contributed by atoms with van der Waals surface area (Å²) in [6.07, 6.45) is 1.54. The maximum Gasteiger partial charge on any atom is 0.273 e. The van der Waals surface area contributed by atoms with Crippen LogP contribution in [-0.4, -0.2) is 64.0 Å². The van der Waals surface area contributed by atoms with E-state index in [4.69, 9.17) is 0 Å². The Kier molecular flexibility index (Phi) is 4.49. The van der Waals surface area contributed by atoms with Gasteiger partial charge in [-0.25, -0.2) is 0 Å². The van der Waals surface area contributed by atoms with Gasteiger partial charge in [-0.2, -0.15) is 15.0 Å². The lowest BCUT2D eigenvalue weighted by atomic mass is 10.4. The van der Waals surface area contributed by atoms with E-state index in [0.717, 1.165) is 0 Å². The molecule has 0 saturated carbocycles. The van der Waals surface area contributed by atoms with Gasteiger partial charge >= 0.3 is 0 Å². The number of aromatic nitrogens is 6. The first-order chi connectivity index (χ1) is 10.4. The molecule has 10 nitrogen and oxygen atoms in total. The molecule has 10 heteroatoms. The molecule has 0 spiro atoms. The maximum atomic E-state index is 11.9. The van der Waals surface area contributed by atoms with Gasteiger partial charge in [0.25, 0.3) is 5.91 Å². The number of hydrogen-bond acceptors (Lipinski definition) is 8. The number of nitrogens with zero attached hydrogens (tertiary/aromatic N) is 8. The first-order valence-electron chi connectivity index (χ1n) is 6.61.